The largest absolute Gasteiger partial charge is 0.468 e. The zero-order valence-corrected chi connectivity index (χ0v) is 23.4. The Kier molecular flexibility index (Phi) is 7.67. The molecule has 2 aromatic heterocycles. The third-order valence-corrected chi connectivity index (χ3v) is 9.23. The van der Waals surface area contributed by atoms with Gasteiger partial charge in [-0.2, -0.15) is 11.3 Å². The Balaban J connectivity index is 1.17. The van der Waals surface area contributed by atoms with Gasteiger partial charge in [0.15, 0.2) is 0 Å². The minimum Gasteiger partial charge on any atom is -0.468 e. The Labute approximate surface area is 237 Å². The van der Waals surface area contributed by atoms with Crippen LogP contribution in [0, 0.1) is 11.7 Å². The molecule has 4 heterocycles. The van der Waals surface area contributed by atoms with Gasteiger partial charge in [0.2, 0.25) is 0 Å². The fraction of sp³-hybridized carbons (Fsp3) is 0.387. The summed E-state index contributed by atoms with van der Waals surface area (Å²) in [7, 11) is 1.36. The van der Waals surface area contributed by atoms with Gasteiger partial charge in [-0.15, -0.1) is 0 Å². The number of ether oxygens (including phenoxy) is 1. The van der Waals surface area contributed by atoms with Crippen LogP contribution in [0.2, 0.25) is 0 Å². The number of thiophene rings is 1. The van der Waals surface area contributed by atoms with Crippen LogP contribution < -0.4 is 0 Å². The molecule has 208 valence electrons. The van der Waals surface area contributed by atoms with Gasteiger partial charge in [0.1, 0.15) is 17.9 Å². The number of fused-ring (bicyclic) bond motifs is 1. The van der Waals surface area contributed by atoms with E-state index in [2.05, 4.69) is 26.7 Å². The second kappa shape index (κ2) is 11.5. The van der Waals surface area contributed by atoms with Gasteiger partial charge < -0.3 is 19.1 Å². The number of piperidine rings is 1. The number of aromatic nitrogens is 2. The molecule has 0 saturated carbocycles. The minimum absolute atomic E-state index is 0.0216. The molecule has 4 aromatic rings. The quantitative estimate of drug-likeness (QED) is 0.293. The van der Waals surface area contributed by atoms with Crippen molar-refractivity contribution in [1.29, 1.82) is 0 Å². The van der Waals surface area contributed by atoms with E-state index >= 15 is 0 Å². The maximum absolute atomic E-state index is 13.9. The number of carbonyl (C=O) groups is 2. The Bertz CT molecular complexity index is 1480. The van der Waals surface area contributed by atoms with Crippen molar-refractivity contribution >= 4 is 34.2 Å². The molecule has 40 heavy (non-hydrogen) atoms. The number of likely N-dealkylation sites (tertiary alicyclic amines) is 2. The van der Waals surface area contributed by atoms with E-state index in [1.54, 1.807) is 34.4 Å². The Morgan fingerprint density at radius 2 is 1.85 bits per heavy atom. The number of nitrogens with zero attached hydrogens (tertiary/aromatic N) is 4. The van der Waals surface area contributed by atoms with Gasteiger partial charge in [-0.3, -0.25) is 9.59 Å². The molecule has 1 amide bonds. The number of esters is 1. The topological polar surface area (TPSA) is 67.7 Å². The SMILES string of the molecule is COC(=O)Cn1cnc2c(C(=O)N3CC(CN4CCC(c5ccc(F)cc5)CC4)C(c4ccsc4)C3)cccc21. The van der Waals surface area contributed by atoms with Crippen molar-refractivity contribution in [3.63, 3.8) is 0 Å². The van der Waals surface area contributed by atoms with Crippen molar-refractivity contribution in [3.05, 3.63) is 88.1 Å². The highest BCUT2D eigenvalue weighted by atomic mass is 32.1. The van der Waals surface area contributed by atoms with E-state index in [0.29, 0.717) is 36.0 Å². The maximum Gasteiger partial charge on any atom is 0.325 e. The lowest BCUT2D eigenvalue weighted by molar-refractivity contribution is -0.141. The molecule has 6 rings (SSSR count). The molecule has 0 radical (unpaired) electrons. The molecule has 2 fully saturated rings. The van der Waals surface area contributed by atoms with Crippen molar-refractivity contribution in [2.75, 3.05) is 39.8 Å². The first kappa shape index (κ1) is 26.7. The average Bonchev–Trinajstić information content (AvgIpc) is 3.74. The van der Waals surface area contributed by atoms with E-state index in [1.807, 2.05) is 35.2 Å². The van der Waals surface area contributed by atoms with E-state index in [0.717, 1.165) is 38.0 Å². The molecule has 0 aliphatic carbocycles. The van der Waals surface area contributed by atoms with Gasteiger partial charge in [-0.05, 0) is 90.0 Å². The number of carbonyl (C=O) groups excluding carboxylic acids is 2. The summed E-state index contributed by atoms with van der Waals surface area (Å²) in [5, 5.41) is 4.32. The Morgan fingerprint density at radius 3 is 2.58 bits per heavy atom. The lowest BCUT2D eigenvalue weighted by Crippen LogP contribution is -2.38. The van der Waals surface area contributed by atoms with Crippen LogP contribution in [0.3, 0.4) is 0 Å². The molecule has 2 aliphatic rings. The summed E-state index contributed by atoms with van der Waals surface area (Å²) in [4.78, 5) is 34.7. The smallest absolute Gasteiger partial charge is 0.325 e. The van der Waals surface area contributed by atoms with Crippen LogP contribution in [0.5, 0.6) is 0 Å². The zero-order valence-electron chi connectivity index (χ0n) is 22.5. The van der Waals surface area contributed by atoms with Crippen LogP contribution in [0.25, 0.3) is 11.0 Å². The number of hydrogen-bond acceptors (Lipinski definition) is 6. The van der Waals surface area contributed by atoms with Crippen molar-refractivity contribution < 1.29 is 18.7 Å². The van der Waals surface area contributed by atoms with Crippen LogP contribution in [0.15, 0.2) is 65.6 Å². The predicted octanol–water partition coefficient (Wildman–Crippen LogP) is 5.15. The van der Waals surface area contributed by atoms with Crippen LogP contribution in [0.4, 0.5) is 4.39 Å². The van der Waals surface area contributed by atoms with Crippen LogP contribution in [-0.4, -0.2) is 71.1 Å². The van der Waals surface area contributed by atoms with E-state index < -0.39 is 0 Å². The summed E-state index contributed by atoms with van der Waals surface area (Å²) >= 11 is 1.70. The third kappa shape index (κ3) is 5.40. The maximum atomic E-state index is 13.9. The van der Waals surface area contributed by atoms with Crippen molar-refractivity contribution in [1.82, 2.24) is 19.4 Å². The van der Waals surface area contributed by atoms with Crippen molar-refractivity contribution in [2.45, 2.75) is 31.2 Å². The number of imidazole rings is 1. The van der Waals surface area contributed by atoms with E-state index in [4.69, 9.17) is 4.74 Å². The standard InChI is InChI=1S/C31H33FN4O3S/c1-39-29(37)18-36-20-33-30-26(3-2-4-28(30)36)31(38)35-16-24(27(17-35)23-11-14-40-19-23)15-34-12-9-22(10-13-34)21-5-7-25(32)8-6-21/h2-8,11,14,19-20,22,24,27H,9-10,12-13,15-18H2,1H3. The number of para-hydroxylation sites is 1. The lowest BCUT2D eigenvalue weighted by Gasteiger charge is -2.34. The van der Waals surface area contributed by atoms with Crippen LogP contribution >= 0.6 is 11.3 Å². The summed E-state index contributed by atoms with van der Waals surface area (Å²) in [6, 6.07) is 14.7. The third-order valence-electron chi connectivity index (χ3n) is 8.53. The van der Waals surface area contributed by atoms with E-state index in [-0.39, 0.29) is 30.2 Å². The fourth-order valence-electron chi connectivity index (χ4n) is 6.36. The van der Waals surface area contributed by atoms with Crippen LogP contribution in [0.1, 0.15) is 46.2 Å². The molecule has 2 aromatic carbocycles. The second-order valence-corrected chi connectivity index (χ2v) is 11.7. The first-order valence-corrected chi connectivity index (χ1v) is 14.7. The summed E-state index contributed by atoms with van der Waals surface area (Å²) in [5.74, 6) is 0.501. The molecule has 7 nitrogen and oxygen atoms in total. The Morgan fingerprint density at radius 1 is 1.05 bits per heavy atom. The first-order valence-electron chi connectivity index (χ1n) is 13.8. The van der Waals surface area contributed by atoms with Crippen molar-refractivity contribution in [2.24, 2.45) is 5.92 Å². The molecular formula is C31H33FN4O3S. The predicted molar refractivity (Wildman–Crippen MR) is 153 cm³/mol. The van der Waals surface area contributed by atoms with Gasteiger partial charge in [-0.1, -0.05) is 18.2 Å². The summed E-state index contributed by atoms with van der Waals surface area (Å²) in [6.45, 7) is 4.36. The molecule has 2 saturated heterocycles. The number of benzene rings is 2. The minimum atomic E-state index is -0.362. The average molecular weight is 561 g/mol. The van der Waals surface area contributed by atoms with Gasteiger partial charge in [0, 0.05) is 25.6 Å². The molecule has 0 spiro atoms. The molecule has 2 atom stereocenters. The zero-order chi connectivity index (χ0) is 27.6. The van der Waals surface area contributed by atoms with E-state index in [9.17, 15) is 14.0 Å². The fourth-order valence-corrected chi connectivity index (χ4v) is 7.09. The van der Waals surface area contributed by atoms with Gasteiger partial charge in [0.05, 0.1) is 24.5 Å². The highest BCUT2D eigenvalue weighted by molar-refractivity contribution is 7.08. The van der Waals surface area contributed by atoms with E-state index in [1.165, 1.54) is 18.2 Å². The lowest BCUT2D eigenvalue weighted by atomic mass is 9.87. The molecule has 9 heteroatoms. The molecule has 2 unspecified atom stereocenters. The first-order chi connectivity index (χ1) is 19.5. The van der Waals surface area contributed by atoms with Gasteiger partial charge >= 0.3 is 5.97 Å². The normalized spacial score (nSPS) is 20.3. The number of amides is 1. The summed E-state index contributed by atoms with van der Waals surface area (Å²) in [6.07, 6.45) is 3.70. The van der Waals surface area contributed by atoms with Crippen LogP contribution in [-0.2, 0) is 16.1 Å². The molecule has 2 aliphatic heterocycles. The van der Waals surface area contributed by atoms with Gasteiger partial charge in [0.25, 0.3) is 5.91 Å². The highest BCUT2D eigenvalue weighted by Crippen LogP contribution is 2.37. The second-order valence-electron chi connectivity index (χ2n) is 10.9. The monoisotopic (exact) mass is 560 g/mol. The summed E-state index contributed by atoms with van der Waals surface area (Å²) in [5.41, 5.74) is 4.43. The number of halogens is 1. The number of methoxy groups -OCH3 is 1. The number of hydrogen-bond donors (Lipinski definition) is 0. The summed E-state index contributed by atoms with van der Waals surface area (Å²) < 4.78 is 19.9. The highest BCUT2D eigenvalue weighted by Gasteiger charge is 2.38. The molecule has 0 N–H and O–H groups in total. The van der Waals surface area contributed by atoms with Gasteiger partial charge in [-0.25, -0.2) is 9.37 Å². The number of rotatable bonds is 7. The molecule has 0 bridgehead atoms. The Hall–Kier alpha value is -3.56. The van der Waals surface area contributed by atoms with Crippen molar-refractivity contribution in [3.8, 4) is 0 Å². The molecular weight excluding hydrogens is 527 g/mol.